The fourth-order valence-electron chi connectivity index (χ4n) is 1.66. The van der Waals surface area contributed by atoms with E-state index in [2.05, 4.69) is 15.9 Å². The number of hydrogen-bond donors (Lipinski definition) is 1. The summed E-state index contributed by atoms with van der Waals surface area (Å²) in [5.74, 6) is 0. The van der Waals surface area contributed by atoms with Crippen LogP contribution < -0.4 is 5.73 Å². The van der Waals surface area contributed by atoms with E-state index >= 15 is 0 Å². The Morgan fingerprint density at radius 2 is 2.29 bits per heavy atom. The highest BCUT2D eigenvalue weighted by molar-refractivity contribution is 9.10. The van der Waals surface area contributed by atoms with Crippen LogP contribution in [0.1, 0.15) is 18.1 Å². The lowest BCUT2D eigenvalue weighted by atomic mass is 10.0. The maximum atomic E-state index is 6.09. The highest BCUT2D eigenvalue weighted by Gasteiger charge is 2.28. The molecular formula is C10H11BrClNO. The molecule has 1 aromatic carbocycles. The molecule has 0 radical (unpaired) electrons. The second-order valence-corrected chi connectivity index (χ2v) is 4.73. The van der Waals surface area contributed by atoms with E-state index in [1.807, 2.05) is 18.2 Å². The lowest BCUT2D eigenvalue weighted by Gasteiger charge is -2.16. The summed E-state index contributed by atoms with van der Waals surface area (Å²) < 4.78 is 6.56. The summed E-state index contributed by atoms with van der Waals surface area (Å²) >= 11 is 9.49. The summed E-state index contributed by atoms with van der Waals surface area (Å²) in [6.45, 7) is 0.717. The van der Waals surface area contributed by atoms with Crippen LogP contribution in [-0.2, 0) is 4.74 Å². The molecule has 0 bridgehead atoms. The van der Waals surface area contributed by atoms with Crippen LogP contribution in [0.4, 0.5) is 0 Å². The van der Waals surface area contributed by atoms with Crippen molar-refractivity contribution < 1.29 is 4.74 Å². The summed E-state index contributed by atoms with van der Waals surface area (Å²) in [7, 11) is 0. The summed E-state index contributed by atoms with van der Waals surface area (Å²) in [5, 5.41) is 0.718. The predicted octanol–water partition coefficient (Wildman–Crippen LogP) is 2.89. The molecule has 0 spiro atoms. The number of rotatable bonds is 1. The van der Waals surface area contributed by atoms with Gasteiger partial charge in [0.1, 0.15) is 0 Å². The zero-order valence-corrected chi connectivity index (χ0v) is 9.88. The minimum Gasteiger partial charge on any atom is -0.372 e. The van der Waals surface area contributed by atoms with Crippen molar-refractivity contribution in [1.29, 1.82) is 0 Å². The normalized spacial score (nSPS) is 26.8. The Hall–Kier alpha value is -0.0900. The maximum Gasteiger partial charge on any atom is 0.0991 e. The molecule has 0 amide bonds. The molecule has 4 heteroatoms. The highest BCUT2D eigenvalue weighted by Crippen LogP contribution is 2.34. The first-order valence-electron chi connectivity index (χ1n) is 4.50. The molecule has 1 heterocycles. The van der Waals surface area contributed by atoms with Gasteiger partial charge in [0.05, 0.1) is 6.10 Å². The van der Waals surface area contributed by atoms with E-state index in [0.29, 0.717) is 6.61 Å². The molecule has 1 saturated heterocycles. The molecule has 2 N–H and O–H groups in total. The summed E-state index contributed by atoms with van der Waals surface area (Å²) in [6, 6.07) is 5.79. The van der Waals surface area contributed by atoms with Gasteiger partial charge < -0.3 is 10.5 Å². The summed E-state index contributed by atoms with van der Waals surface area (Å²) in [5.41, 5.74) is 6.91. The van der Waals surface area contributed by atoms with E-state index in [0.717, 1.165) is 21.5 Å². The van der Waals surface area contributed by atoms with Crippen LogP contribution in [0.5, 0.6) is 0 Å². The Morgan fingerprint density at radius 3 is 2.93 bits per heavy atom. The van der Waals surface area contributed by atoms with E-state index in [4.69, 9.17) is 22.1 Å². The van der Waals surface area contributed by atoms with Gasteiger partial charge in [0.2, 0.25) is 0 Å². The molecule has 2 unspecified atom stereocenters. The third kappa shape index (κ3) is 1.96. The van der Waals surface area contributed by atoms with E-state index in [1.165, 1.54) is 0 Å². The number of halogens is 2. The van der Waals surface area contributed by atoms with Crippen LogP contribution in [0.3, 0.4) is 0 Å². The Kier molecular flexibility index (Phi) is 3.12. The number of nitrogens with two attached hydrogens (primary N) is 1. The van der Waals surface area contributed by atoms with E-state index in [-0.39, 0.29) is 12.1 Å². The van der Waals surface area contributed by atoms with Crippen molar-refractivity contribution in [2.75, 3.05) is 6.61 Å². The van der Waals surface area contributed by atoms with Crippen LogP contribution in [0.25, 0.3) is 0 Å². The molecule has 0 aliphatic carbocycles. The van der Waals surface area contributed by atoms with E-state index < -0.39 is 0 Å². The average molecular weight is 277 g/mol. The number of benzene rings is 1. The molecule has 76 valence electrons. The second-order valence-electron chi connectivity index (χ2n) is 3.41. The van der Waals surface area contributed by atoms with Crippen LogP contribution in [0.15, 0.2) is 22.7 Å². The van der Waals surface area contributed by atoms with Crippen LogP contribution in [0.2, 0.25) is 5.02 Å². The lowest BCUT2D eigenvalue weighted by molar-refractivity contribution is 0.105. The van der Waals surface area contributed by atoms with E-state index in [9.17, 15) is 0 Å². The molecule has 1 aromatic rings. The van der Waals surface area contributed by atoms with E-state index in [1.54, 1.807) is 0 Å². The number of ether oxygens (including phenoxy) is 1. The molecule has 1 aliphatic rings. The van der Waals surface area contributed by atoms with Gasteiger partial charge in [0.25, 0.3) is 0 Å². The van der Waals surface area contributed by atoms with Crippen LogP contribution in [0, 0.1) is 0 Å². The van der Waals surface area contributed by atoms with Crippen LogP contribution in [-0.4, -0.2) is 12.6 Å². The van der Waals surface area contributed by atoms with Gasteiger partial charge >= 0.3 is 0 Å². The lowest BCUT2D eigenvalue weighted by Crippen LogP contribution is -2.23. The fourth-order valence-corrected chi connectivity index (χ4v) is 2.26. The van der Waals surface area contributed by atoms with Crippen molar-refractivity contribution in [3.63, 3.8) is 0 Å². The zero-order chi connectivity index (χ0) is 10.1. The van der Waals surface area contributed by atoms with Crippen molar-refractivity contribution >= 4 is 27.5 Å². The number of hydrogen-bond acceptors (Lipinski definition) is 2. The summed E-state index contributed by atoms with van der Waals surface area (Å²) in [6.07, 6.45) is 0.841. The Labute approximate surface area is 96.5 Å². The largest absolute Gasteiger partial charge is 0.372 e. The van der Waals surface area contributed by atoms with Gasteiger partial charge in [-0.1, -0.05) is 27.5 Å². The minimum atomic E-state index is -0.0556. The van der Waals surface area contributed by atoms with Gasteiger partial charge in [-0.05, 0) is 24.6 Å². The van der Waals surface area contributed by atoms with Crippen molar-refractivity contribution in [2.24, 2.45) is 5.73 Å². The molecule has 1 fully saturated rings. The molecule has 2 rings (SSSR count). The molecule has 2 atom stereocenters. The quantitative estimate of drug-likeness (QED) is 0.856. The summed E-state index contributed by atoms with van der Waals surface area (Å²) in [4.78, 5) is 0. The fraction of sp³-hybridized carbons (Fsp3) is 0.400. The van der Waals surface area contributed by atoms with Crippen molar-refractivity contribution in [1.82, 2.24) is 0 Å². The first kappa shape index (κ1) is 10.4. The zero-order valence-electron chi connectivity index (χ0n) is 7.54. The van der Waals surface area contributed by atoms with Gasteiger partial charge in [0.15, 0.2) is 0 Å². The first-order valence-corrected chi connectivity index (χ1v) is 5.67. The maximum absolute atomic E-state index is 6.09. The third-order valence-electron chi connectivity index (χ3n) is 2.40. The predicted molar refractivity (Wildman–Crippen MR) is 60.4 cm³/mol. The molecule has 0 saturated carbocycles. The topological polar surface area (TPSA) is 35.2 Å². The highest BCUT2D eigenvalue weighted by atomic mass is 79.9. The third-order valence-corrected chi connectivity index (χ3v) is 3.24. The average Bonchev–Trinajstić information content (AvgIpc) is 2.56. The first-order chi connectivity index (χ1) is 6.68. The Morgan fingerprint density at radius 1 is 1.50 bits per heavy atom. The van der Waals surface area contributed by atoms with Gasteiger partial charge in [-0.2, -0.15) is 0 Å². The molecule has 14 heavy (non-hydrogen) atoms. The van der Waals surface area contributed by atoms with Crippen molar-refractivity contribution in [2.45, 2.75) is 18.6 Å². The van der Waals surface area contributed by atoms with Gasteiger partial charge in [-0.15, -0.1) is 0 Å². The Bertz CT molecular complexity index is 345. The van der Waals surface area contributed by atoms with Gasteiger partial charge in [0, 0.05) is 27.7 Å². The van der Waals surface area contributed by atoms with Gasteiger partial charge in [-0.25, -0.2) is 0 Å². The van der Waals surface area contributed by atoms with Crippen molar-refractivity contribution in [3.05, 3.63) is 33.3 Å². The van der Waals surface area contributed by atoms with Crippen molar-refractivity contribution in [3.8, 4) is 0 Å². The SMILES string of the molecule is NC1CCOC1c1cc(Br)ccc1Cl. The monoisotopic (exact) mass is 275 g/mol. The molecule has 0 aromatic heterocycles. The second kappa shape index (κ2) is 4.19. The molecular weight excluding hydrogens is 265 g/mol. The minimum absolute atomic E-state index is 0.0556. The molecule has 2 nitrogen and oxygen atoms in total. The van der Waals surface area contributed by atoms with Crippen LogP contribution >= 0.6 is 27.5 Å². The van der Waals surface area contributed by atoms with Gasteiger partial charge in [-0.3, -0.25) is 0 Å². The molecule has 1 aliphatic heterocycles. The smallest absolute Gasteiger partial charge is 0.0991 e. The Balaban J connectivity index is 2.34. The standard InChI is InChI=1S/C10H11BrClNO/c11-6-1-2-8(12)7(5-6)10-9(13)3-4-14-10/h1-2,5,9-10H,3-4,13H2.